The molecule has 1 aromatic rings. The molecular weight excluding hydrogens is 324 g/mol. The van der Waals surface area contributed by atoms with Gasteiger partial charge in [0.05, 0.1) is 10.8 Å². The quantitative estimate of drug-likeness (QED) is 0.907. The van der Waals surface area contributed by atoms with E-state index in [1.165, 1.54) is 17.1 Å². The summed E-state index contributed by atoms with van der Waals surface area (Å²) in [4.78, 5) is 12.8. The first-order valence-corrected chi connectivity index (χ1v) is 10.3. The number of sulfonamides is 1. The third-order valence-corrected chi connectivity index (χ3v) is 6.99. The van der Waals surface area contributed by atoms with E-state index in [-0.39, 0.29) is 24.4 Å². The summed E-state index contributed by atoms with van der Waals surface area (Å²) in [5.41, 5.74) is 1.03. The summed E-state index contributed by atoms with van der Waals surface area (Å²) in [5.74, 6) is -0.217. The molecule has 1 saturated heterocycles. The fourth-order valence-electron chi connectivity index (χ4n) is 3.62. The molecule has 1 heterocycles. The van der Waals surface area contributed by atoms with Gasteiger partial charge in [-0.15, -0.1) is 0 Å². The van der Waals surface area contributed by atoms with Gasteiger partial charge in [0.1, 0.15) is 0 Å². The molecule has 2 fully saturated rings. The minimum absolute atomic E-state index is 0.0192. The van der Waals surface area contributed by atoms with E-state index in [2.05, 4.69) is 5.32 Å². The normalized spacial score (nSPS) is 23.3. The van der Waals surface area contributed by atoms with Crippen LogP contribution in [0.15, 0.2) is 29.2 Å². The molecule has 0 aromatic heterocycles. The number of aryl methyl sites for hydroxylation is 1. The topological polar surface area (TPSA) is 66.5 Å². The van der Waals surface area contributed by atoms with Gasteiger partial charge < -0.3 is 5.32 Å². The summed E-state index contributed by atoms with van der Waals surface area (Å²) < 4.78 is 27.1. The van der Waals surface area contributed by atoms with Crippen LogP contribution in [0.25, 0.3) is 0 Å². The zero-order chi connectivity index (χ0) is 17.2. The van der Waals surface area contributed by atoms with Gasteiger partial charge in [-0.3, -0.25) is 4.79 Å². The molecule has 0 radical (unpaired) electrons. The van der Waals surface area contributed by atoms with Crippen LogP contribution in [0.4, 0.5) is 0 Å². The molecule has 1 N–H and O–H groups in total. The molecule has 1 aliphatic heterocycles. The van der Waals surface area contributed by atoms with Crippen molar-refractivity contribution in [1.82, 2.24) is 9.62 Å². The Labute approximate surface area is 144 Å². The number of nitrogens with one attached hydrogen (secondary N) is 1. The first-order chi connectivity index (χ1) is 11.5. The summed E-state index contributed by atoms with van der Waals surface area (Å²) in [6.07, 6.45) is 5.92. The zero-order valence-corrected chi connectivity index (χ0v) is 15.0. The fourth-order valence-corrected chi connectivity index (χ4v) is 5.15. The third kappa shape index (κ3) is 3.81. The number of rotatable bonds is 4. The maximum atomic E-state index is 12.8. The molecular formula is C18H26N2O3S. The second kappa shape index (κ2) is 7.23. The fraction of sp³-hybridized carbons (Fsp3) is 0.611. The number of carbonyl (C=O) groups excluding carboxylic acids is 1. The van der Waals surface area contributed by atoms with E-state index in [9.17, 15) is 13.2 Å². The van der Waals surface area contributed by atoms with Gasteiger partial charge in [0, 0.05) is 19.1 Å². The van der Waals surface area contributed by atoms with E-state index in [0.29, 0.717) is 11.4 Å². The van der Waals surface area contributed by atoms with Crippen molar-refractivity contribution < 1.29 is 13.2 Å². The lowest BCUT2D eigenvalue weighted by molar-refractivity contribution is -0.126. The monoisotopic (exact) mass is 350 g/mol. The third-order valence-electron chi connectivity index (χ3n) is 5.12. The lowest BCUT2D eigenvalue weighted by Crippen LogP contribution is -2.47. The van der Waals surface area contributed by atoms with Gasteiger partial charge in [-0.05, 0) is 44.7 Å². The Kier molecular flexibility index (Phi) is 5.25. The molecule has 6 heteroatoms. The molecule has 3 rings (SSSR count). The van der Waals surface area contributed by atoms with Crippen LogP contribution >= 0.6 is 0 Å². The van der Waals surface area contributed by atoms with E-state index in [0.717, 1.165) is 31.2 Å². The Hall–Kier alpha value is -1.40. The summed E-state index contributed by atoms with van der Waals surface area (Å²) >= 11 is 0. The maximum absolute atomic E-state index is 12.8. The number of amides is 1. The number of hydrogen-bond acceptors (Lipinski definition) is 3. The van der Waals surface area contributed by atoms with Gasteiger partial charge in [0.15, 0.2) is 0 Å². The van der Waals surface area contributed by atoms with Crippen molar-refractivity contribution in [2.75, 3.05) is 13.1 Å². The Balaban J connectivity index is 1.68. The Bertz CT molecular complexity index is 679. The molecule has 1 atom stereocenters. The maximum Gasteiger partial charge on any atom is 0.243 e. The summed E-state index contributed by atoms with van der Waals surface area (Å²) in [7, 11) is -3.52. The lowest BCUT2D eigenvalue weighted by Gasteiger charge is -2.31. The molecule has 0 bridgehead atoms. The van der Waals surface area contributed by atoms with Gasteiger partial charge in [0.2, 0.25) is 15.9 Å². The molecule has 1 amide bonds. The van der Waals surface area contributed by atoms with E-state index >= 15 is 0 Å². The predicted octanol–water partition coefficient (Wildman–Crippen LogP) is 2.45. The van der Waals surface area contributed by atoms with Gasteiger partial charge in [-0.2, -0.15) is 4.31 Å². The van der Waals surface area contributed by atoms with E-state index in [4.69, 9.17) is 0 Å². The minimum atomic E-state index is -3.52. The molecule has 2 aliphatic rings. The largest absolute Gasteiger partial charge is 0.353 e. The van der Waals surface area contributed by atoms with E-state index < -0.39 is 10.0 Å². The molecule has 1 aromatic carbocycles. The van der Waals surface area contributed by atoms with Crippen LogP contribution in [0.3, 0.4) is 0 Å². The smallest absolute Gasteiger partial charge is 0.243 e. The summed E-state index contributed by atoms with van der Waals surface area (Å²) in [5, 5.41) is 3.11. The molecule has 132 valence electrons. The number of piperidine rings is 1. The van der Waals surface area contributed by atoms with Crippen molar-refractivity contribution in [3.8, 4) is 0 Å². The van der Waals surface area contributed by atoms with Crippen molar-refractivity contribution in [2.24, 2.45) is 5.92 Å². The van der Waals surface area contributed by atoms with Crippen LogP contribution < -0.4 is 5.32 Å². The molecule has 0 spiro atoms. The van der Waals surface area contributed by atoms with Crippen LogP contribution in [-0.2, 0) is 14.8 Å². The van der Waals surface area contributed by atoms with Crippen molar-refractivity contribution in [1.29, 1.82) is 0 Å². The number of nitrogens with zero attached hydrogens (tertiary/aromatic N) is 1. The summed E-state index contributed by atoms with van der Waals surface area (Å²) in [6, 6.07) is 7.18. The Morgan fingerprint density at radius 2 is 1.75 bits per heavy atom. The average Bonchev–Trinajstić information content (AvgIpc) is 3.08. The van der Waals surface area contributed by atoms with Crippen molar-refractivity contribution in [2.45, 2.75) is 56.4 Å². The van der Waals surface area contributed by atoms with Gasteiger partial charge in [-0.25, -0.2) is 8.42 Å². The number of benzene rings is 1. The minimum Gasteiger partial charge on any atom is -0.353 e. The highest BCUT2D eigenvalue weighted by molar-refractivity contribution is 7.89. The van der Waals surface area contributed by atoms with Crippen molar-refractivity contribution in [3.63, 3.8) is 0 Å². The average molecular weight is 350 g/mol. The summed E-state index contributed by atoms with van der Waals surface area (Å²) in [6.45, 7) is 2.71. The second-order valence-corrected chi connectivity index (χ2v) is 8.94. The number of hydrogen-bond donors (Lipinski definition) is 1. The van der Waals surface area contributed by atoms with Crippen molar-refractivity contribution in [3.05, 3.63) is 29.8 Å². The highest BCUT2D eigenvalue weighted by Gasteiger charge is 2.34. The van der Waals surface area contributed by atoms with Crippen LogP contribution in [0.5, 0.6) is 0 Å². The molecule has 0 unspecified atom stereocenters. The first kappa shape index (κ1) is 17.4. The highest BCUT2D eigenvalue weighted by Crippen LogP contribution is 2.25. The Morgan fingerprint density at radius 3 is 2.42 bits per heavy atom. The predicted molar refractivity (Wildman–Crippen MR) is 93.1 cm³/mol. The van der Waals surface area contributed by atoms with Crippen LogP contribution in [0.2, 0.25) is 0 Å². The zero-order valence-electron chi connectivity index (χ0n) is 14.2. The van der Waals surface area contributed by atoms with Gasteiger partial charge in [0.25, 0.3) is 0 Å². The molecule has 1 saturated carbocycles. The molecule has 1 aliphatic carbocycles. The van der Waals surface area contributed by atoms with E-state index in [1.54, 1.807) is 24.3 Å². The van der Waals surface area contributed by atoms with Crippen LogP contribution in [0.1, 0.15) is 44.1 Å². The molecule has 24 heavy (non-hydrogen) atoms. The van der Waals surface area contributed by atoms with Gasteiger partial charge in [-0.1, -0.05) is 30.5 Å². The lowest BCUT2D eigenvalue weighted by atomic mass is 9.98. The van der Waals surface area contributed by atoms with Crippen LogP contribution in [-0.4, -0.2) is 37.8 Å². The number of carbonyl (C=O) groups is 1. The van der Waals surface area contributed by atoms with E-state index in [1.807, 2.05) is 6.92 Å². The van der Waals surface area contributed by atoms with Gasteiger partial charge >= 0.3 is 0 Å². The van der Waals surface area contributed by atoms with Crippen molar-refractivity contribution >= 4 is 15.9 Å². The van der Waals surface area contributed by atoms with Crippen LogP contribution in [0, 0.1) is 12.8 Å². The molecule has 5 nitrogen and oxygen atoms in total. The first-order valence-electron chi connectivity index (χ1n) is 8.84. The second-order valence-electron chi connectivity index (χ2n) is 7.01. The highest BCUT2D eigenvalue weighted by atomic mass is 32.2. The SMILES string of the molecule is Cc1ccc(S(=O)(=O)N2CCC[C@H](C(=O)NC3CCCC3)C2)cc1. The Morgan fingerprint density at radius 1 is 1.08 bits per heavy atom. The standard InChI is InChI=1S/C18H26N2O3S/c1-14-8-10-17(11-9-14)24(22,23)20-12-4-5-15(13-20)18(21)19-16-6-2-3-7-16/h8-11,15-16H,2-7,12-13H2,1H3,(H,19,21)/t15-/m0/s1.